The van der Waals surface area contributed by atoms with Gasteiger partial charge in [-0.2, -0.15) is 5.26 Å². The fourth-order valence-corrected chi connectivity index (χ4v) is 2.90. The summed E-state index contributed by atoms with van der Waals surface area (Å²) in [4.78, 5) is 19.1. The summed E-state index contributed by atoms with van der Waals surface area (Å²) in [5.41, 5.74) is 1.50. The molecule has 0 aliphatic carbocycles. The zero-order chi connectivity index (χ0) is 19.2. The van der Waals surface area contributed by atoms with Crippen molar-refractivity contribution in [3.05, 3.63) is 70.0 Å². The molecule has 0 saturated heterocycles. The molecule has 1 N–H and O–H groups in total. The Morgan fingerprint density at radius 1 is 1.19 bits per heavy atom. The fourth-order valence-electron chi connectivity index (χ4n) is 2.52. The van der Waals surface area contributed by atoms with E-state index in [1.807, 2.05) is 42.7 Å². The highest BCUT2D eigenvalue weighted by molar-refractivity contribution is 7.98. The summed E-state index contributed by atoms with van der Waals surface area (Å²) >= 11 is 1.31. The highest BCUT2D eigenvalue weighted by Gasteiger charge is 2.13. The van der Waals surface area contributed by atoms with E-state index in [1.54, 1.807) is 25.3 Å². The van der Waals surface area contributed by atoms with Crippen molar-refractivity contribution in [3.63, 3.8) is 0 Å². The Kier molecular flexibility index (Phi) is 5.79. The number of ether oxygens (including phenoxy) is 2. The third-order valence-corrected chi connectivity index (χ3v) is 4.43. The predicted octanol–water partition coefficient (Wildman–Crippen LogP) is 3.62. The van der Waals surface area contributed by atoms with Gasteiger partial charge in [0.2, 0.25) is 0 Å². The van der Waals surface area contributed by atoms with Crippen LogP contribution in [0.15, 0.2) is 58.5 Å². The van der Waals surface area contributed by atoms with E-state index in [9.17, 15) is 10.1 Å². The minimum absolute atomic E-state index is 0.0160. The number of aromatic amines is 1. The minimum Gasteiger partial charge on any atom is -0.497 e. The topological polar surface area (TPSA) is 88.0 Å². The van der Waals surface area contributed by atoms with E-state index < -0.39 is 5.56 Å². The summed E-state index contributed by atoms with van der Waals surface area (Å²) < 4.78 is 11.1. The van der Waals surface area contributed by atoms with Crippen molar-refractivity contribution in [2.75, 3.05) is 13.4 Å². The molecule has 0 radical (unpaired) electrons. The lowest BCUT2D eigenvalue weighted by Gasteiger charge is -2.10. The van der Waals surface area contributed by atoms with Crippen LogP contribution in [-0.2, 0) is 6.61 Å². The maximum atomic E-state index is 12.1. The van der Waals surface area contributed by atoms with Gasteiger partial charge in [-0.15, -0.1) is 0 Å². The van der Waals surface area contributed by atoms with E-state index in [2.05, 4.69) is 9.97 Å². The molecule has 0 saturated carbocycles. The average Bonchev–Trinajstić information content (AvgIpc) is 2.72. The number of hydrogen-bond donors (Lipinski definition) is 1. The molecule has 0 fully saturated rings. The molecule has 0 amide bonds. The van der Waals surface area contributed by atoms with Crippen molar-refractivity contribution in [3.8, 4) is 28.8 Å². The molecule has 2 aromatic carbocycles. The van der Waals surface area contributed by atoms with Gasteiger partial charge in [-0.3, -0.25) is 4.79 Å². The lowest BCUT2D eigenvalue weighted by Crippen LogP contribution is -2.14. The Morgan fingerprint density at radius 3 is 2.70 bits per heavy atom. The van der Waals surface area contributed by atoms with Crippen molar-refractivity contribution in [2.45, 2.75) is 11.8 Å². The first-order valence-corrected chi connectivity index (χ1v) is 9.31. The Morgan fingerprint density at radius 2 is 1.96 bits per heavy atom. The lowest BCUT2D eigenvalue weighted by atomic mass is 10.1. The van der Waals surface area contributed by atoms with E-state index in [1.165, 1.54) is 11.8 Å². The standard InChI is InChI=1S/C20H17N3O3S/c1-25-15-7-3-5-13(9-15)12-26-16-8-4-6-14(10-16)18-17(11-21)19(24)23-20(22-18)27-2/h3-10H,12H2,1-2H3,(H,22,23,24). The zero-order valence-electron chi connectivity index (χ0n) is 14.9. The molecule has 6 nitrogen and oxygen atoms in total. The SMILES string of the molecule is COc1cccc(COc2cccc(-c3nc(SC)[nH]c(=O)c3C#N)c2)c1. The molecular weight excluding hydrogens is 362 g/mol. The van der Waals surface area contributed by atoms with Crippen LogP contribution < -0.4 is 15.0 Å². The number of H-pyrrole nitrogens is 1. The Bertz CT molecular complexity index is 1060. The van der Waals surface area contributed by atoms with Crippen molar-refractivity contribution >= 4 is 11.8 Å². The monoisotopic (exact) mass is 379 g/mol. The molecule has 27 heavy (non-hydrogen) atoms. The summed E-state index contributed by atoms with van der Waals surface area (Å²) in [5.74, 6) is 1.38. The molecular formula is C20H17N3O3S. The second-order valence-electron chi connectivity index (χ2n) is 5.58. The molecule has 0 unspecified atom stereocenters. The first-order chi connectivity index (χ1) is 13.1. The van der Waals surface area contributed by atoms with Crippen LogP contribution in [0, 0.1) is 11.3 Å². The van der Waals surface area contributed by atoms with Gasteiger partial charge in [0.15, 0.2) is 5.16 Å². The molecule has 7 heteroatoms. The number of hydrogen-bond acceptors (Lipinski definition) is 6. The number of methoxy groups -OCH3 is 1. The van der Waals surface area contributed by atoms with Crippen molar-refractivity contribution in [2.24, 2.45) is 0 Å². The molecule has 136 valence electrons. The van der Waals surface area contributed by atoms with E-state index in [0.717, 1.165) is 11.3 Å². The van der Waals surface area contributed by atoms with Gasteiger partial charge in [0.1, 0.15) is 29.7 Å². The molecule has 0 atom stereocenters. The summed E-state index contributed by atoms with van der Waals surface area (Å²) in [7, 11) is 1.62. The van der Waals surface area contributed by atoms with Crippen LogP contribution in [0.1, 0.15) is 11.1 Å². The molecule has 0 aliphatic heterocycles. The first kappa shape index (κ1) is 18.5. The van der Waals surface area contributed by atoms with Crippen LogP contribution in [0.3, 0.4) is 0 Å². The molecule has 3 aromatic rings. The molecule has 3 rings (SSSR count). The van der Waals surface area contributed by atoms with Crippen LogP contribution in [-0.4, -0.2) is 23.3 Å². The van der Waals surface area contributed by atoms with E-state index in [0.29, 0.717) is 28.8 Å². The van der Waals surface area contributed by atoms with Gasteiger partial charge in [-0.05, 0) is 36.1 Å². The number of nitrogens with one attached hydrogen (secondary N) is 1. The van der Waals surface area contributed by atoms with Crippen molar-refractivity contribution in [1.29, 1.82) is 5.26 Å². The fraction of sp³-hybridized carbons (Fsp3) is 0.150. The van der Waals surface area contributed by atoms with E-state index >= 15 is 0 Å². The zero-order valence-corrected chi connectivity index (χ0v) is 15.7. The summed E-state index contributed by atoms with van der Waals surface area (Å²) in [6.45, 7) is 0.366. The molecule has 1 aromatic heterocycles. The molecule has 0 aliphatic rings. The minimum atomic E-state index is -0.449. The summed E-state index contributed by atoms with van der Waals surface area (Å²) in [6, 6.07) is 16.7. The summed E-state index contributed by atoms with van der Waals surface area (Å²) in [5, 5.41) is 9.79. The smallest absolute Gasteiger partial charge is 0.270 e. The largest absolute Gasteiger partial charge is 0.497 e. The van der Waals surface area contributed by atoms with Gasteiger partial charge in [0.05, 0.1) is 12.8 Å². The van der Waals surface area contributed by atoms with Crippen LogP contribution in [0.5, 0.6) is 11.5 Å². The number of aromatic nitrogens is 2. The van der Waals surface area contributed by atoms with Gasteiger partial charge in [-0.1, -0.05) is 36.0 Å². The number of rotatable bonds is 6. The predicted molar refractivity (Wildman–Crippen MR) is 104 cm³/mol. The van der Waals surface area contributed by atoms with Crippen molar-refractivity contribution < 1.29 is 9.47 Å². The molecule has 0 bridgehead atoms. The van der Waals surface area contributed by atoms with Gasteiger partial charge in [0.25, 0.3) is 5.56 Å². The second-order valence-corrected chi connectivity index (χ2v) is 6.37. The third kappa shape index (κ3) is 4.30. The van der Waals surface area contributed by atoms with E-state index in [-0.39, 0.29) is 5.56 Å². The van der Waals surface area contributed by atoms with Crippen molar-refractivity contribution in [1.82, 2.24) is 9.97 Å². The second kappa shape index (κ2) is 8.43. The van der Waals surface area contributed by atoms with Crippen LogP contribution in [0.4, 0.5) is 0 Å². The number of nitrogens with zero attached hydrogens (tertiary/aromatic N) is 2. The molecule has 1 heterocycles. The first-order valence-electron chi connectivity index (χ1n) is 8.09. The molecule has 0 spiro atoms. The van der Waals surface area contributed by atoms with Crippen LogP contribution in [0.25, 0.3) is 11.3 Å². The number of nitriles is 1. The van der Waals surface area contributed by atoms with Crippen LogP contribution in [0.2, 0.25) is 0 Å². The maximum absolute atomic E-state index is 12.1. The Hall–Kier alpha value is -3.24. The Balaban J connectivity index is 1.89. The Labute approximate surface area is 160 Å². The number of thioether (sulfide) groups is 1. The third-order valence-electron chi connectivity index (χ3n) is 3.85. The maximum Gasteiger partial charge on any atom is 0.270 e. The highest BCUT2D eigenvalue weighted by atomic mass is 32.2. The van der Waals surface area contributed by atoms with Gasteiger partial charge >= 0.3 is 0 Å². The average molecular weight is 379 g/mol. The van der Waals surface area contributed by atoms with Gasteiger partial charge in [0, 0.05) is 5.56 Å². The van der Waals surface area contributed by atoms with Crippen LogP contribution >= 0.6 is 11.8 Å². The number of benzene rings is 2. The van der Waals surface area contributed by atoms with Gasteiger partial charge < -0.3 is 14.5 Å². The van der Waals surface area contributed by atoms with E-state index in [4.69, 9.17) is 9.47 Å². The normalized spacial score (nSPS) is 10.3. The lowest BCUT2D eigenvalue weighted by molar-refractivity contribution is 0.305. The quantitative estimate of drug-likeness (QED) is 0.520. The van der Waals surface area contributed by atoms with Gasteiger partial charge in [-0.25, -0.2) is 4.98 Å². The highest BCUT2D eigenvalue weighted by Crippen LogP contribution is 2.25. The summed E-state index contributed by atoms with van der Waals surface area (Å²) in [6.07, 6.45) is 1.81.